The maximum Gasteiger partial charge on any atom is 0.321 e. The van der Waals surface area contributed by atoms with Crippen LogP contribution in [0.1, 0.15) is 17.5 Å². The molecule has 3 amide bonds. The zero-order chi connectivity index (χ0) is 16.4. The Morgan fingerprint density at radius 3 is 2.87 bits per heavy atom. The second-order valence-corrected chi connectivity index (χ2v) is 6.50. The van der Waals surface area contributed by atoms with Crippen molar-refractivity contribution in [2.75, 3.05) is 16.8 Å². The molecule has 1 saturated heterocycles. The summed E-state index contributed by atoms with van der Waals surface area (Å²) in [6.45, 7) is 4.54. The van der Waals surface area contributed by atoms with E-state index in [1.165, 1.54) is 16.9 Å². The van der Waals surface area contributed by atoms with Gasteiger partial charge in [0, 0.05) is 30.2 Å². The summed E-state index contributed by atoms with van der Waals surface area (Å²) < 4.78 is 0. The van der Waals surface area contributed by atoms with Gasteiger partial charge in [-0.3, -0.25) is 10.1 Å². The molecule has 0 unspecified atom stereocenters. The zero-order valence-corrected chi connectivity index (χ0v) is 13.8. The molecule has 0 spiro atoms. The van der Waals surface area contributed by atoms with Crippen LogP contribution in [-0.2, 0) is 4.79 Å². The number of nitrogens with zero attached hydrogens (tertiary/aromatic N) is 2. The Morgan fingerprint density at radius 1 is 1.35 bits per heavy atom. The standard InChI is InChI=1S/C16H18N4O2S/c1-10-3-4-13(7-11(10)2)20-9-12(8-14(20)21)18-15(22)19-16-17-5-6-23-16/h3-7,12H,8-9H2,1-2H3,(H2,17,18,19,22)/t12-/m1/s1. The molecule has 0 aliphatic carbocycles. The summed E-state index contributed by atoms with van der Waals surface area (Å²) in [5.74, 6) is 0.0211. The van der Waals surface area contributed by atoms with E-state index in [-0.39, 0.29) is 18.0 Å². The fourth-order valence-corrected chi connectivity index (χ4v) is 3.08. The minimum atomic E-state index is -0.334. The summed E-state index contributed by atoms with van der Waals surface area (Å²) in [6, 6.07) is 5.42. The van der Waals surface area contributed by atoms with Crippen molar-refractivity contribution in [1.82, 2.24) is 10.3 Å². The second kappa shape index (κ2) is 6.37. The first-order valence-electron chi connectivity index (χ1n) is 7.37. The predicted octanol–water partition coefficient (Wildman–Crippen LogP) is 2.69. The van der Waals surface area contributed by atoms with Gasteiger partial charge in [0.15, 0.2) is 5.13 Å². The first-order chi connectivity index (χ1) is 11.0. The molecule has 0 saturated carbocycles. The number of carbonyl (C=O) groups is 2. The number of hydrogen-bond acceptors (Lipinski definition) is 4. The maximum absolute atomic E-state index is 12.2. The number of carbonyl (C=O) groups excluding carboxylic acids is 2. The number of nitrogens with one attached hydrogen (secondary N) is 2. The summed E-state index contributed by atoms with van der Waals surface area (Å²) in [4.78, 5) is 29.9. The molecular formula is C16H18N4O2S. The average molecular weight is 330 g/mol. The van der Waals surface area contributed by atoms with Gasteiger partial charge in [0.1, 0.15) is 0 Å². The summed E-state index contributed by atoms with van der Waals surface area (Å²) in [5.41, 5.74) is 3.22. The number of aryl methyl sites for hydroxylation is 2. The van der Waals surface area contributed by atoms with E-state index in [4.69, 9.17) is 0 Å². The molecule has 1 aromatic carbocycles. The van der Waals surface area contributed by atoms with E-state index in [0.717, 1.165) is 11.3 Å². The summed E-state index contributed by atoms with van der Waals surface area (Å²) >= 11 is 1.35. The zero-order valence-electron chi connectivity index (χ0n) is 13.0. The Morgan fingerprint density at radius 2 is 2.17 bits per heavy atom. The number of amides is 3. The van der Waals surface area contributed by atoms with Crippen LogP contribution in [0, 0.1) is 13.8 Å². The van der Waals surface area contributed by atoms with Crippen molar-refractivity contribution in [2.45, 2.75) is 26.3 Å². The van der Waals surface area contributed by atoms with Gasteiger partial charge in [-0.15, -0.1) is 11.3 Å². The molecule has 0 bridgehead atoms. The molecule has 2 N–H and O–H groups in total. The van der Waals surface area contributed by atoms with Crippen LogP contribution in [0.5, 0.6) is 0 Å². The topological polar surface area (TPSA) is 74.3 Å². The third-order valence-corrected chi connectivity index (χ3v) is 4.60. The normalized spacial score (nSPS) is 17.4. The molecule has 1 aliphatic rings. The molecule has 2 heterocycles. The third-order valence-electron chi connectivity index (χ3n) is 3.92. The number of aromatic nitrogens is 1. The molecule has 23 heavy (non-hydrogen) atoms. The number of anilines is 2. The van der Waals surface area contributed by atoms with Crippen molar-refractivity contribution in [1.29, 1.82) is 0 Å². The van der Waals surface area contributed by atoms with E-state index in [2.05, 4.69) is 15.6 Å². The quantitative estimate of drug-likeness (QED) is 0.908. The summed E-state index contributed by atoms with van der Waals surface area (Å²) in [6.07, 6.45) is 1.93. The van der Waals surface area contributed by atoms with Crippen molar-refractivity contribution in [3.05, 3.63) is 40.9 Å². The lowest BCUT2D eigenvalue weighted by Crippen LogP contribution is -2.39. The first kappa shape index (κ1) is 15.5. The van der Waals surface area contributed by atoms with E-state index in [1.807, 2.05) is 32.0 Å². The lowest BCUT2D eigenvalue weighted by Gasteiger charge is -2.18. The molecular weight excluding hydrogens is 312 g/mol. The molecule has 1 aliphatic heterocycles. The van der Waals surface area contributed by atoms with Gasteiger partial charge in [-0.2, -0.15) is 0 Å². The number of benzene rings is 1. The molecule has 1 fully saturated rings. The van der Waals surface area contributed by atoms with Crippen molar-refractivity contribution in [2.24, 2.45) is 0 Å². The molecule has 120 valence electrons. The molecule has 1 atom stereocenters. The average Bonchev–Trinajstić information content (AvgIpc) is 3.12. The largest absolute Gasteiger partial charge is 0.333 e. The molecule has 2 aromatic rings. The van der Waals surface area contributed by atoms with Gasteiger partial charge in [-0.25, -0.2) is 9.78 Å². The summed E-state index contributed by atoms with van der Waals surface area (Å²) in [7, 11) is 0. The highest BCUT2D eigenvalue weighted by molar-refractivity contribution is 7.13. The van der Waals surface area contributed by atoms with Crippen LogP contribution in [0.4, 0.5) is 15.6 Å². The minimum Gasteiger partial charge on any atom is -0.333 e. The predicted molar refractivity (Wildman–Crippen MR) is 90.9 cm³/mol. The maximum atomic E-state index is 12.2. The van der Waals surface area contributed by atoms with E-state index in [0.29, 0.717) is 18.1 Å². The Hall–Kier alpha value is -2.41. The van der Waals surface area contributed by atoms with Crippen LogP contribution in [0.15, 0.2) is 29.8 Å². The van der Waals surface area contributed by atoms with Gasteiger partial charge in [-0.05, 0) is 37.1 Å². The SMILES string of the molecule is Cc1ccc(N2C[C@H](NC(=O)Nc3nccs3)CC2=O)cc1C. The Bertz CT molecular complexity index is 730. The van der Waals surface area contributed by atoms with Crippen LogP contribution in [0.25, 0.3) is 0 Å². The van der Waals surface area contributed by atoms with Crippen molar-refractivity contribution >= 4 is 34.1 Å². The molecule has 6 nitrogen and oxygen atoms in total. The van der Waals surface area contributed by atoms with Gasteiger partial charge in [0.05, 0.1) is 6.04 Å². The van der Waals surface area contributed by atoms with Crippen LogP contribution in [0.3, 0.4) is 0 Å². The highest BCUT2D eigenvalue weighted by atomic mass is 32.1. The lowest BCUT2D eigenvalue weighted by molar-refractivity contribution is -0.117. The highest BCUT2D eigenvalue weighted by Crippen LogP contribution is 2.24. The Balaban J connectivity index is 1.62. The highest BCUT2D eigenvalue weighted by Gasteiger charge is 2.31. The van der Waals surface area contributed by atoms with Crippen LogP contribution >= 0.6 is 11.3 Å². The van der Waals surface area contributed by atoms with E-state index in [9.17, 15) is 9.59 Å². The fourth-order valence-electron chi connectivity index (χ4n) is 2.55. The molecule has 1 aromatic heterocycles. The number of hydrogen-bond donors (Lipinski definition) is 2. The second-order valence-electron chi connectivity index (χ2n) is 5.61. The lowest BCUT2D eigenvalue weighted by atomic mass is 10.1. The van der Waals surface area contributed by atoms with Crippen LogP contribution in [-0.4, -0.2) is 29.5 Å². The number of rotatable bonds is 3. The molecule has 7 heteroatoms. The van der Waals surface area contributed by atoms with Crippen molar-refractivity contribution in [3.8, 4) is 0 Å². The van der Waals surface area contributed by atoms with Gasteiger partial charge < -0.3 is 10.2 Å². The van der Waals surface area contributed by atoms with Crippen LogP contribution in [0.2, 0.25) is 0 Å². The smallest absolute Gasteiger partial charge is 0.321 e. The van der Waals surface area contributed by atoms with Gasteiger partial charge in [0.2, 0.25) is 5.91 Å². The van der Waals surface area contributed by atoms with E-state index in [1.54, 1.807) is 16.5 Å². The number of thiazole rings is 1. The Kier molecular flexibility index (Phi) is 4.29. The van der Waals surface area contributed by atoms with E-state index < -0.39 is 0 Å². The van der Waals surface area contributed by atoms with E-state index >= 15 is 0 Å². The van der Waals surface area contributed by atoms with Crippen molar-refractivity contribution in [3.63, 3.8) is 0 Å². The van der Waals surface area contributed by atoms with Gasteiger partial charge >= 0.3 is 6.03 Å². The molecule has 3 rings (SSSR count). The monoisotopic (exact) mass is 330 g/mol. The fraction of sp³-hybridized carbons (Fsp3) is 0.312. The third kappa shape index (κ3) is 3.50. The first-order valence-corrected chi connectivity index (χ1v) is 8.25. The minimum absolute atomic E-state index is 0.0211. The molecule has 0 radical (unpaired) electrons. The van der Waals surface area contributed by atoms with Gasteiger partial charge in [0.25, 0.3) is 0 Å². The van der Waals surface area contributed by atoms with Crippen molar-refractivity contribution < 1.29 is 9.59 Å². The Labute approximate surface area is 138 Å². The van der Waals surface area contributed by atoms with Gasteiger partial charge in [-0.1, -0.05) is 6.07 Å². The number of urea groups is 1. The van der Waals surface area contributed by atoms with Crippen LogP contribution < -0.4 is 15.5 Å². The summed E-state index contributed by atoms with van der Waals surface area (Å²) in [5, 5.41) is 7.82.